The first-order valence-electron chi connectivity index (χ1n) is 6.71. The summed E-state index contributed by atoms with van der Waals surface area (Å²) < 4.78 is 0. The van der Waals surface area contributed by atoms with E-state index in [-0.39, 0.29) is 0 Å². The van der Waals surface area contributed by atoms with E-state index in [1.54, 1.807) is 0 Å². The highest BCUT2D eigenvalue weighted by Crippen LogP contribution is 2.30. The maximum Gasteiger partial charge on any atom is 0.00779 e. The van der Waals surface area contributed by atoms with Crippen molar-refractivity contribution in [1.82, 2.24) is 5.32 Å². The van der Waals surface area contributed by atoms with Crippen LogP contribution in [-0.2, 0) is 0 Å². The second kappa shape index (κ2) is 8.46. The number of thioether (sulfide) groups is 1. The quantitative estimate of drug-likeness (QED) is 0.635. The van der Waals surface area contributed by atoms with Crippen molar-refractivity contribution in [3.8, 4) is 0 Å². The third-order valence-electron chi connectivity index (χ3n) is 3.17. The molecule has 0 heterocycles. The molecule has 0 aromatic rings. The highest BCUT2D eigenvalue weighted by Gasteiger charge is 2.23. The van der Waals surface area contributed by atoms with Gasteiger partial charge in [0.2, 0.25) is 0 Å². The molecule has 1 rings (SSSR count). The first-order chi connectivity index (χ1) is 7.36. The largest absolute Gasteiger partial charge is 0.314 e. The lowest BCUT2D eigenvalue weighted by Crippen LogP contribution is -2.27. The minimum absolute atomic E-state index is 0.827. The van der Waals surface area contributed by atoms with Crippen molar-refractivity contribution >= 4 is 11.8 Å². The third kappa shape index (κ3) is 5.82. The Morgan fingerprint density at radius 1 is 1.13 bits per heavy atom. The SMILES string of the molecule is CCCCCSC1CCC(NCCC)C1. The van der Waals surface area contributed by atoms with Crippen LogP contribution < -0.4 is 5.32 Å². The van der Waals surface area contributed by atoms with E-state index in [1.807, 2.05) is 0 Å². The first kappa shape index (κ1) is 13.4. The zero-order valence-electron chi connectivity index (χ0n) is 10.4. The van der Waals surface area contributed by atoms with Crippen LogP contribution in [0.2, 0.25) is 0 Å². The van der Waals surface area contributed by atoms with Crippen molar-refractivity contribution in [3.63, 3.8) is 0 Å². The molecule has 0 saturated heterocycles. The summed E-state index contributed by atoms with van der Waals surface area (Å²) in [6.45, 7) is 5.74. The molecule has 1 aliphatic carbocycles. The number of rotatable bonds is 8. The molecular formula is C13H27NS. The maximum absolute atomic E-state index is 3.65. The molecule has 1 nitrogen and oxygen atoms in total. The van der Waals surface area contributed by atoms with Gasteiger partial charge in [-0.05, 0) is 44.4 Å². The summed E-state index contributed by atoms with van der Waals surface area (Å²) in [5, 5.41) is 4.60. The summed E-state index contributed by atoms with van der Waals surface area (Å²) in [5.74, 6) is 1.39. The number of hydrogen-bond acceptors (Lipinski definition) is 2. The number of nitrogens with one attached hydrogen (secondary N) is 1. The molecule has 2 unspecified atom stereocenters. The van der Waals surface area contributed by atoms with E-state index in [2.05, 4.69) is 30.9 Å². The van der Waals surface area contributed by atoms with Crippen LogP contribution in [0.1, 0.15) is 58.8 Å². The fourth-order valence-electron chi connectivity index (χ4n) is 2.23. The Morgan fingerprint density at radius 2 is 2.00 bits per heavy atom. The van der Waals surface area contributed by atoms with Crippen LogP contribution in [0, 0.1) is 0 Å². The van der Waals surface area contributed by atoms with Gasteiger partial charge in [-0.2, -0.15) is 11.8 Å². The minimum Gasteiger partial charge on any atom is -0.314 e. The van der Waals surface area contributed by atoms with Crippen LogP contribution in [0.3, 0.4) is 0 Å². The predicted octanol–water partition coefficient (Wildman–Crippen LogP) is 3.83. The summed E-state index contributed by atoms with van der Waals surface area (Å²) in [6, 6.07) is 0.827. The van der Waals surface area contributed by atoms with Crippen molar-refractivity contribution in [2.45, 2.75) is 70.1 Å². The van der Waals surface area contributed by atoms with E-state index in [4.69, 9.17) is 0 Å². The van der Waals surface area contributed by atoms with Crippen LogP contribution in [0.4, 0.5) is 0 Å². The van der Waals surface area contributed by atoms with Crippen molar-refractivity contribution in [1.29, 1.82) is 0 Å². The van der Waals surface area contributed by atoms with E-state index in [0.29, 0.717) is 0 Å². The molecule has 1 N–H and O–H groups in total. The summed E-state index contributed by atoms with van der Waals surface area (Å²) in [4.78, 5) is 0. The lowest BCUT2D eigenvalue weighted by molar-refractivity contribution is 0.524. The first-order valence-corrected chi connectivity index (χ1v) is 7.76. The van der Waals surface area contributed by atoms with Crippen LogP contribution in [0.5, 0.6) is 0 Å². The van der Waals surface area contributed by atoms with Crippen molar-refractivity contribution in [2.75, 3.05) is 12.3 Å². The monoisotopic (exact) mass is 229 g/mol. The molecule has 0 aliphatic heterocycles. The Kier molecular flexibility index (Phi) is 7.54. The lowest BCUT2D eigenvalue weighted by atomic mass is 10.2. The van der Waals surface area contributed by atoms with Gasteiger partial charge in [-0.3, -0.25) is 0 Å². The maximum atomic E-state index is 3.65. The number of hydrogen-bond donors (Lipinski definition) is 1. The summed E-state index contributed by atoms with van der Waals surface area (Å²) in [5.41, 5.74) is 0. The highest BCUT2D eigenvalue weighted by molar-refractivity contribution is 7.99. The molecule has 1 saturated carbocycles. The molecule has 0 aromatic carbocycles. The molecule has 2 heteroatoms. The lowest BCUT2D eigenvalue weighted by Gasteiger charge is -2.12. The van der Waals surface area contributed by atoms with Gasteiger partial charge < -0.3 is 5.32 Å². The van der Waals surface area contributed by atoms with Gasteiger partial charge in [0.15, 0.2) is 0 Å². The minimum atomic E-state index is 0.827. The summed E-state index contributed by atoms with van der Waals surface area (Å²) in [6.07, 6.45) is 9.72. The van der Waals surface area contributed by atoms with Gasteiger partial charge in [0, 0.05) is 11.3 Å². The third-order valence-corrected chi connectivity index (χ3v) is 4.59. The van der Waals surface area contributed by atoms with Gasteiger partial charge in [0.25, 0.3) is 0 Å². The van der Waals surface area contributed by atoms with E-state index < -0.39 is 0 Å². The zero-order valence-corrected chi connectivity index (χ0v) is 11.2. The van der Waals surface area contributed by atoms with Gasteiger partial charge in [-0.1, -0.05) is 26.7 Å². The second-order valence-corrected chi connectivity index (χ2v) is 6.07. The van der Waals surface area contributed by atoms with E-state index in [1.165, 1.54) is 57.2 Å². The Labute approximate surface area is 99.8 Å². The van der Waals surface area contributed by atoms with E-state index >= 15 is 0 Å². The normalized spacial score (nSPS) is 26.0. The fraction of sp³-hybridized carbons (Fsp3) is 1.00. The molecule has 0 spiro atoms. The number of unbranched alkanes of at least 4 members (excludes halogenated alkanes) is 2. The molecule has 1 aliphatic rings. The Bertz CT molecular complexity index is 149. The summed E-state index contributed by atoms with van der Waals surface area (Å²) in [7, 11) is 0. The Balaban J connectivity index is 1.98. The molecule has 0 amide bonds. The van der Waals surface area contributed by atoms with Crippen LogP contribution in [0.15, 0.2) is 0 Å². The predicted molar refractivity (Wildman–Crippen MR) is 71.7 cm³/mol. The zero-order chi connectivity index (χ0) is 10.9. The second-order valence-electron chi connectivity index (χ2n) is 4.66. The van der Waals surface area contributed by atoms with Crippen LogP contribution in [0.25, 0.3) is 0 Å². The van der Waals surface area contributed by atoms with Crippen molar-refractivity contribution in [3.05, 3.63) is 0 Å². The molecule has 0 bridgehead atoms. The average Bonchev–Trinajstić information content (AvgIpc) is 2.69. The van der Waals surface area contributed by atoms with Crippen LogP contribution in [-0.4, -0.2) is 23.6 Å². The molecule has 15 heavy (non-hydrogen) atoms. The average molecular weight is 229 g/mol. The Hall–Kier alpha value is 0.310. The van der Waals surface area contributed by atoms with E-state index in [9.17, 15) is 0 Å². The molecule has 0 radical (unpaired) electrons. The molecule has 2 atom stereocenters. The topological polar surface area (TPSA) is 12.0 Å². The fourth-order valence-corrected chi connectivity index (χ4v) is 3.60. The summed E-state index contributed by atoms with van der Waals surface area (Å²) >= 11 is 2.22. The van der Waals surface area contributed by atoms with Crippen LogP contribution >= 0.6 is 11.8 Å². The standard InChI is InChI=1S/C13H27NS/c1-3-5-6-10-15-13-8-7-12(11-13)14-9-4-2/h12-14H,3-11H2,1-2H3. The van der Waals surface area contributed by atoms with Crippen molar-refractivity contribution in [2.24, 2.45) is 0 Å². The van der Waals surface area contributed by atoms with E-state index in [0.717, 1.165) is 11.3 Å². The highest BCUT2D eigenvalue weighted by atomic mass is 32.2. The smallest absolute Gasteiger partial charge is 0.00779 e. The van der Waals surface area contributed by atoms with Gasteiger partial charge >= 0.3 is 0 Å². The van der Waals surface area contributed by atoms with Crippen molar-refractivity contribution < 1.29 is 0 Å². The molecule has 1 fully saturated rings. The van der Waals surface area contributed by atoms with Gasteiger partial charge in [-0.15, -0.1) is 0 Å². The molecular weight excluding hydrogens is 202 g/mol. The van der Waals surface area contributed by atoms with Gasteiger partial charge in [0.1, 0.15) is 0 Å². The Morgan fingerprint density at radius 3 is 2.73 bits per heavy atom. The van der Waals surface area contributed by atoms with Gasteiger partial charge in [0.05, 0.1) is 0 Å². The molecule has 0 aromatic heterocycles. The van der Waals surface area contributed by atoms with Gasteiger partial charge in [-0.25, -0.2) is 0 Å². The molecule has 90 valence electrons.